The van der Waals surface area contributed by atoms with E-state index in [1.54, 1.807) is 6.92 Å². The summed E-state index contributed by atoms with van der Waals surface area (Å²) in [5, 5.41) is 7.59. The van der Waals surface area contributed by atoms with Crippen molar-refractivity contribution in [2.75, 3.05) is 6.61 Å². The van der Waals surface area contributed by atoms with Gasteiger partial charge in [0.1, 0.15) is 0 Å². The number of rotatable bonds is 4. The zero-order valence-corrected chi connectivity index (χ0v) is 11.4. The molecule has 0 fully saturated rings. The van der Waals surface area contributed by atoms with Crippen molar-refractivity contribution in [2.24, 2.45) is 0 Å². The summed E-state index contributed by atoms with van der Waals surface area (Å²) in [6, 6.07) is 3.52. The number of hydrogen-bond donors (Lipinski definition) is 0. The molecule has 0 saturated heterocycles. The van der Waals surface area contributed by atoms with Crippen LogP contribution in [0.2, 0.25) is 0 Å². The van der Waals surface area contributed by atoms with Crippen LogP contribution in [-0.4, -0.2) is 22.8 Å². The van der Waals surface area contributed by atoms with E-state index in [4.69, 9.17) is 4.74 Å². The lowest BCUT2D eigenvalue weighted by Gasteiger charge is -1.97. The van der Waals surface area contributed by atoms with Crippen LogP contribution in [0, 0.1) is 11.6 Å². The molecule has 1 aromatic carbocycles. The minimum Gasteiger partial charge on any atom is -0.461 e. The fraction of sp³-hybridized carbons (Fsp3) is 0.182. The van der Waals surface area contributed by atoms with Gasteiger partial charge in [0.05, 0.1) is 6.61 Å². The molecule has 0 aliphatic rings. The highest BCUT2D eigenvalue weighted by Crippen LogP contribution is 2.31. The summed E-state index contributed by atoms with van der Waals surface area (Å²) in [6.07, 6.45) is 0. The fourth-order valence-corrected chi connectivity index (χ4v) is 2.91. The largest absolute Gasteiger partial charge is 0.461 e. The number of halogens is 2. The lowest BCUT2D eigenvalue weighted by molar-refractivity contribution is 0.0525. The standard InChI is InChI=1S/C11H8F2N2O2S2/c1-2-17-10(16)9-14-15-11(19-9)18-6-3-4-7(12)8(13)5-6/h3-5H,2H2,1H3. The summed E-state index contributed by atoms with van der Waals surface area (Å²) in [6.45, 7) is 1.94. The third kappa shape index (κ3) is 3.48. The van der Waals surface area contributed by atoms with Crippen LogP contribution in [0.3, 0.4) is 0 Å². The first-order chi connectivity index (χ1) is 9.10. The van der Waals surface area contributed by atoms with Gasteiger partial charge < -0.3 is 4.74 Å². The predicted octanol–water partition coefficient (Wildman–Crippen LogP) is 3.14. The lowest BCUT2D eigenvalue weighted by atomic mass is 10.3. The Morgan fingerprint density at radius 2 is 2.16 bits per heavy atom. The van der Waals surface area contributed by atoms with Crippen LogP contribution in [0.1, 0.15) is 16.7 Å². The highest BCUT2D eigenvalue weighted by atomic mass is 32.2. The average Bonchev–Trinajstić information content (AvgIpc) is 2.83. The number of hydrogen-bond acceptors (Lipinski definition) is 6. The molecule has 1 heterocycles. The topological polar surface area (TPSA) is 52.1 Å². The van der Waals surface area contributed by atoms with Gasteiger partial charge in [0, 0.05) is 4.90 Å². The van der Waals surface area contributed by atoms with Crippen molar-refractivity contribution in [2.45, 2.75) is 16.2 Å². The van der Waals surface area contributed by atoms with Crippen LogP contribution in [0.25, 0.3) is 0 Å². The molecule has 2 rings (SSSR count). The van der Waals surface area contributed by atoms with Gasteiger partial charge in [0.15, 0.2) is 16.0 Å². The molecule has 0 atom stereocenters. The van der Waals surface area contributed by atoms with Gasteiger partial charge in [-0.15, -0.1) is 10.2 Å². The first kappa shape index (κ1) is 13.9. The maximum atomic E-state index is 13.0. The summed E-state index contributed by atoms with van der Waals surface area (Å²) in [5.41, 5.74) is 0. The van der Waals surface area contributed by atoms with Crippen molar-refractivity contribution in [1.29, 1.82) is 0 Å². The van der Waals surface area contributed by atoms with Gasteiger partial charge >= 0.3 is 5.97 Å². The quantitative estimate of drug-likeness (QED) is 0.812. The number of ether oxygens (including phenoxy) is 1. The van der Waals surface area contributed by atoms with Crippen molar-refractivity contribution in [3.05, 3.63) is 34.8 Å². The van der Waals surface area contributed by atoms with Crippen LogP contribution in [-0.2, 0) is 4.74 Å². The minimum absolute atomic E-state index is 0.131. The monoisotopic (exact) mass is 302 g/mol. The fourth-order valence-electron chi connectivity index (χ4n) is 1.17. The Kier molecular flexibility index (Phi) is 4.43. The van der Waals surface area contributed by atoms with E-state index in [-0.39, 0.29) is 11.6 Å². The Balaban J connectivity index is 2.11. The first-order valence-corrected chi connectivity index (χ1v) is 6.87. The van der Waals surface area contributed by atoms with Crippen molar-refractivity contribution < 1.29 is 18.3 Å². The smallest absolute Gasteiger partial charge is 0.369 e. The number of aromatic nitrogens is 2. The Morgan fingerprint density at radius 1 is 1.37 bits per heavy atom. The molecule has 100 valence electrons. The highest BCUT2D eigenvalue weighted by molar-refractivity contribution is 8.01. The molecule has 0 unspecified atom stereocenters. The maximum absolute atomic E-state index is 13.0. The van der Waals surface area contributed by atoms with Crippen LogP contribution in [0.4, 0.5) is 8.78 Å². The van der Waals surface area contributed by atoms with Crippen molar-refractivity contribution in [1.82, 2.24) is 10.2 Å². The molecular weight excluding hydrogens is 294 g/mol. The van der Waals surface area contributed by atoms with E-state index in [2.05, 4.69) is 10.2 Å². The molecule has 4 nitrogen and oxygen atoms in total. The molecule has 0 saturated carbocycles. The predicted molar refractivity (Wildman–Crippen MR) is 66.3 cm³/mol. The van der Waals surface area contributed by atoms with E-state index in [1.165, 1.54) is 6.07 Å². The van der Waals surface area contributed by atoms with Gasteiger partial charge in [-0.25, -0.2) is 13.6 Å². The van der Waals surface area contributed by atoms with Gasteiger partial charge in [-0.05, 0) is 25.1 Å². The Bertz CT molecular complexity index is 604. The number of esters is 1. The van der Waals surface area contributed by atoms with Crippen LogP contribution in [0.15, 0.2) is 27.4 Å². The average molecular weight is 302 g/mol. The molecular formula is C11H8F2N2O2S2. The van der Waals surface area contributed by atoms with E-state index < -0.39 is 17.6 Å². The Morgan fingerprint density at radius 3 is 2.84 bits per heavy atom. The second kappa shape index (κ2) is 6.07. The summed E-state index contributed by atoms with van der Waals surface area (Å²) in [4.78, 5) is 11.9. The van der Waals surface area contributed by atoms with Gasteiger partial charge in [-0.1, -0.05) is 23.1 Å². The summed E-state index contributed by atoms with van der Waals surface area (Å²) < 4.78 is 31.0. The SMILES string of the molecule is CCOC(=O)c1nnc(Sc2ccc(F)c(F)c2)s1. The van der Waals surface area contributed by atoms with E-state index in [0.29, 0.717) is 9.24 Å². The zero-order chi connectivity index (χ0) is 13.8. The van der Waals surface area contributed by atoms with Gasteiger partial charge in [-0.3, -0.25) is 0 Å². The molecule has 0 bridgehead atoms. The molecule has 0 N–H and O–H groups in total. The third-order valence-corrected chi connectivity index (χ3v) is 3.90. The van der Waals surface area contributed by atoms with Gasteiger partial charge in [-0.2, -0.15) is 0 Å². The number of nitrogens with zero attached hydrogens (tertiary/aromatic N) is 2. The molecule has 2 aromatic rings. The Labute approximate surface area is 115 Å². The van der Waals surface area contributed by atoms with Crippen molar-refractivity contribution in [3.63, 3.8) is 0 Å². The second-order valence-corrected chi connectivity index (χ2v) is 5.57. The first-order valence-electron chi connectivity index (χ1n) is 5.23. The van der Waals surface area contributed by atoms with E-state index in [9.17, 15) is 13.6 Å². The highest BCUT2D eigenvalue weighted by Gasteiger charge is 2.14. The molecule has 0 amide bonds. The lowest BCUT2D eigenvalue weighted by Crippen LogP contribution is -2.03. The third-order valence-electron chi connectivity index (χ3n) is 1.95. The number of benzene rings is 1. The normalized spacial score (nSPS) is 10.5. The van der Waals surface area contributed by atoms with E-state index in [1.807, 2.05) is 0 Å². The molecule has 0 aliphatic heterocycles. The summed E-state index contributed by atoms with van der Waals surface area (Å²) in [5.74, 6) is -2.38. The van der Waals surface area contributed by atoms with Crippen molar-refractivity contribution in [3.8, 4) is 0 Å². The van der Waals surface area contributed by atoms with Crippen LogP contribution >= 0.6 is 23.1 Å². The molecule has 0 aliphatic carbocycles. The molecule has 0 radical (unpaired) electrons. The summed E-state index contributed by atoms with van der Waals surface area (Å²) >= 11 is 2.13. The second-order valence-electron chi connectivity index (χ2n) is 3.27. The van der Waals surface area contributed by atoms with E-state index >= 15 is 0 Å². The molecule has 1 aromatic heterocycles. The van der Waals surface area contributed by atoms with Crippen molar-refractivity contribution >= 4 is 29.1 Å². The summed E-state index contributed by atoms with van der Waals surface area (Å²) in [7, 11) is 0. The Hall–Kier alpha value is -1.54. The number of carbonyl (C=O) groups is 1. The zero-order valence-electron chi connectivity index (χ0n) is 9.72. The maximum Gasteiger partial charge on any atom is 0.369 e. The molecule has 19 heavy (non-hydrogen) atoms. The van der Waals surface area contributed by atoms with Crippen LogP contribution in [0.5, 0.6) is 0 Å². The van der Waals surface area contributed by atoms with Gasteiger partial charge in [0.2, 0.25) is 5.01 Å². The van der Waals surface area contributed by atoms with E-state index in [0.717, 1.165) is 35.2 Å². The molecule has 0 spiro atoms. The number of carbonyl (C=O) groups excluding carboxylic acids is 1. The minimum atomic E-state index is -0.930. The van der Waals surface area contributed by atoms with Gasteiger partial charge in [0.25, 0.3) is 0 Å². The van der Waals surface area contributed by atoms with Crippen LogP contribution < -0.4 is 0 Å². The molecule has 8 heteroatoms.